The van der Waals surface area contributed by atoms with Gasteiger partial charge in [-0.05, 0) is 12.1 Å². The fraction of sp³-hybridized carbons (Fsp3) is 0.0714. The SMILES string of the molecule is O=C(Cn1ccccc1=O)N/N=C/c1cc(Cl)cc([N+](=O)[O-])c1O. The summed E-state index contributed by atoms with van der Waals surface area (Å²) in [6.45, 7) is -0.251. The highest BCUT2D eigenvalue weighted by atomic mass is 35.5. The normalized spacial score (nSPS) is 10.7. The fourth-order valence-electron chi connectivity index (χ4n) is 1.80. The second-order valence-corrected chi connectivity index (χ2v) is 5.02. The first-order chi connectivity index (χ1) is 11.4. The molecule has 1 amide bonds. The molecule has 0 radical (unpaired) electrons. The molecule has 10 heteroatoms. The lowest BCUT2D eigenvalue weighted by Gasteiger charge is -2.04. The molecule has 0 unspecified atom stereocenters. The Hall–Kier alpha value is -3.20. The lowest BCUT2D eigenvalue weighted by Crippen LogP contribution is -2.28. The van der Waals surface area contributed by atoms with E-state index < -0.39 is 22.3 Å². The van der Waals surface area contributed by atoms with Crippen molar-refractivity contribution < 1.29 is 14.8 Å². The molecule has 9 nitrogen and oxygen atoms in total. The van der Waals surface area contributed by atoms with Gasteiger partial charge in [0.05, 0.1) is 11.1 Å². The molecule has 2 aromatic rings. The number of rotatable bonds is 5. The summed E-state index contributed by atoms with van der Waals surface area (Å²) in [5.74, 6) is -1.21. The number of amides is 1. The van der Waals surface area contributed by atoms with Gasteiger partial charge in [-0.1, -0.05) is 17.7 Å². The van der Waals surface area contributed by atoms with Crippen molar-refractivity contribution in [1.29, 1.82) is 0 Å². The number of phenols is 1. The average Bonchev–Trinajstić information content (AvgIpc) is 2.52. The van der Waals surface area contributed by atoms with Gasteiger partial charge in [0.25, 0.3) is 11.5 Å². The first kappa shape index (κ1) is 17.2. The van der Waals surface area contributed by atoms with Crippen LogP contribution in [0.1, 0.15) is 5.56 Å². The van der Waals surface area contributed by atoms with E-state index in [4.69, 9.17) is 11.6 Å². The maximum absolute atomic E-state index is 11.7. The summed E-state index contributed by atoms with van der Waals surface area (Å²) in [5.41, 5.74) is 1.19. The molecule has 0 aliphatic heterocycles. The Morgan fingerprint density at radius 2 is 2.21 bits per heavy atom. The van der Waals surface area contributed by atoms with Crippen LogP contribution >= 0.6 is 11.6 Å². The van der Waals surface area contributed by atoms with Gasteiger partial charge in [0, 0.05) is 28.9 Å². The molecule has 0 saturated heterocycles. The third-order valence-corrected chi connectivity index (χ3v) is 3.10. The highest BCUT2D eigenvalue weighted by molar-refractivity contribution is 6.31. The van der Waals surface area contributed by atoms with Gasteiger partial charge in [-0.15, -0.1) is 0 Å². The molecular formula is C14H11ClN4O5. The molecule has 0 saturated carbocycles. The Labute approximate surface area is 140 Å². The molecule has 0 spiro atoms. The van der Waals surface area contributed by atoms with Crippen LogP contribution < -0.4 is 11.0 Å². The molecule has 0 aliphatic carbocycles. The quantitative estimate of drug-likeness (QED) is 0.477. The number of carbonyl (C=O) groups is 1. The molecule has 0 fully saturated rings. The molecule has 1 aromatic heterocycles. The van der Waals surface area contributed by atoms with Crippen LogP contribution in [-0.4, -0.2) is 26.7 Å². The fourth-order valence-corrected chi connectivity index (χ4v) is 2.02. The number of nitrogens with zero attached hydrogens (tertiary/aromatic N) is 3. The number of benzene rings is 1. The van der Waals surface area contributed by atoms with Gasteiger partial charge in [-0.2, -0.15) is 5.10 Å². The monoisotopic (exact) mass is 350 g/mol. The van der Waals surface area contributed by atoms with Crippen molar-refractivity contribution >= 4 is 29.4 Å². The Morgan fingerprint density at radius 3 is 2.88 bits per heavy atom. The smallest absolute Gasteiger partial charge is 0.312 e. The molecule has 2 N–H and O–H groups in total. The van der Waals surface area contributed by atoms with Crippen LogP contribution in [0.3, 0.4) is 0 Å². The summed E-state index contributed by atoms with van der Waals surface area (Å²) >= 11 is 5.73. The van der Waals surface area contributed by atoms with Crippen LogP contribution in [0.25, 0.3) is 0 Å². The first-order valence-electron chi connectivity index (χ1n) is 6.53. The number of carbonyl (C=O) groups excluding carboxylic acids is 1. The second-order valence-electron chi connectivity index (χ2n) is 4.58. The van der Waals surface area contributed by atoms with Crippen molar-refractivity contribution in [3.8, 4) is 5.75 Å². The predicted octanol–water partition coefficient (Wildman–Crippen LogP) is 1.27. The number of hydrazone groups is 1. The Bertz CT molecular complexity index is 878. The Balaban J connectivity index is 2.09. The van der Waals surface area contributed by atoms with Crippen molar-refractivity contribution in [1.82, 2.24) is 9.99 Å². The van der Waals surface area contributed by atoms with Crippen molar-refractivity contribution in [3.63, 3.8) is 0 Å². The van der Waals surface area contributed by atoms with Gasteiger partial charge in [0.15, 0.2) is 0 Å². The molecule has 1 heterocycles. The van der Waals surface area contributed by atoms with E-state index in [1.807, 2.05) is 0 Å². The van der Waals surface area contributed by atoms with E-state index in [9.17, 15) is 24.8 Å². The van der Waals surface area contributed by atoms with Crippen LogP contribution in [0, 0.1) is 10.1 Å². The van der Waals surface area contributed by atoms with Crippen molar-refractivity contribution in [3.05, 3.63) is 67.6 Å². The lowest BCUT2D eigenvalue weighted by atomic mass is 10.2. The van der Waals surface area contributed by atoms with Crippen molar-refractivity contribution in [2.24, 2.45) is 5.10 Å². The number of nitro benzene ring substituents is 1. The van der Waals surface area contributed by atoms with E-state index in [-0.39, 0.29) is 22.7 Å². The number of nitro groups is 1. The van der Waals surface area contributed by atoms with Crippen molar-refractivity contribution in [2.75, 3.05) is 0 Å². The Morgan fingerprint density at radius 1 is 1.46 bits per heavy atom. The maximum atomic E-state index is 11.7. The molecule has 0 aliphatic rings. The van der Waals surface area contributed by atoms with E-state index in [0.717, 1.165) is 12.3 Å². The molecule has 24 heavy (non-hydrogen) atoms. The van der Waals surface area contributed by atoms with Crippen LogP contribution in [0.2, 0.25) is 5.02 Å². The van der Waals surface area contributed by atoms with Gasteiger partial charge in [0.1, 0.15) is 6.54 Å². The number of phenolic OH excluding ortho intramolecular Hbond substituents is 1. The molecule has 2 rings (SSSR count). The summed E-state index contributed by atoms with van der Waals surface area (Å²) in [7, 11) is 0. The molecule has 1 aromatic carbocycles. The summed E-state index contributed by atoms with van der Waals surface area (Å²) in [6, 6.07) is 6.69. The molecular weight excluding hydrogens is 340 g/mol. The molecule has 0 atom stereocenters. The third kappa shape index (κ3) is 4.17. The summed E-state index contributed by atoms with van der Waals surface area (Å²) in [4.78, 5) is 33.2. The van der Waals surface area contributed by atoms with Gasteiger partial charge in [-0.25, -0.2) is 5.43 Å². The Kier molecular flexibility index (Phi) is 5.27. The lowest BCUT2D eigenvalue weighted by molar-refractivity contribution is -0.385. The zero-order valence-electron chi connectivity index (χ0n) is 12.0. The van der Waals surface area contributed by atoms with Gasteiger partial charge < -0.3 is 9.67 Å². The standard InChI is InChI=1S/C14H11ClN4O5/c15-10-5-9(14(22)11(6-10)19(23)24)7-16-17-12(20)8-18-4-2-1-3-13(18)21/h1-7,22H,8H2,(H,17,20)/b16-7+. The minimum atomic E-state index is -0.793. The van der Waals surface area contributed by atoms with Crippen LogP contribution in [0.15, 0.2) is 46.4 Å². The third-order valence-electron chi connectivity index (χ3n) is 2.89. The van der Waals surface area contributed by atoms with E-state index in [1.54, 1.807) is 12.1 Å². The summed E-state index contributed by atoms with van der Waals surface area (Å²) < 4.78 is 1.17. The van der Waals surface area contributed by atoms with Gasteiger partial charge >= 0.3 is 5.69 Å². The topological polar surface area (TPSA) is 127 Å². The first-order valence-corrected chi connectivity index (χ1v) is 6.90. The van der Waals surface area contributed by atoms with E-state index in [1.165, 1.54) is 22.9 Å². The van der Waals surface area contributed by atoms with Gasteiger partial charge in [-0.3, -0.25) is 19.7 Å². The maximum Gasteiger partial charge on any atom is 0.312 e. The second kappa shape index (κ2) is 7.38. The molecule has 124 valence electrons. The number of hydrogen-bond acceptors (Lipinski definition) is 6. The zero-order chi connectivity index (χ0) is 17.7. The average molecular weight is 351 g/mol. The highest BCUT2D eigenvalue weighted by Gasteiger charge is 2.17. The largest absolute Gasteiger partial charge is 0.502 e. The number of hydrogen-bond donors (Lipinski definition) is 2. The summed E-state index contributed by atoms with van der Waals surface area (Å²) in [5, 5.41) is 24.2. The molecule has 0 bridgehead atoms. The van der Waals surface area contributed by atoms with Crippen LogP contribution in [0.4, 0.5) is 5.69 Å². The van der Waals surface area contributed by atoms with Gasteiger partial charge in [0.2, 0.25) is 5.75 Å². The minimum Gasteiger partial charge on any atom is -0.502 e. The summed E-state index contributed by atoms with van der Waals surface area (Å²) in [6.07, 6.45) is 2.46. The van der Waals surface area contributed by atoms with Crippen molar-refractivity contribution in [2.45, 2.75) is 6.54 Å². The van der Waals surface area contributed by atoms with E-state index >= 15 is 0 Å². The van der Waals surface area contributed by atoms with Crippen LogP contribution in [0.5, 0.6) is 5.75 Å². The number of aromatic nitrogens is 1. The number of halogens is 1. The number of pyridine rings is 1. The van der Waals surface area contributed by atoms with Crippen LogP contribution in [-0.2, 0) is 11.3 Å². The highest BCUT2D eigenvalue weighted by Crippen LogP contribution is 2.32. The zero-order valence-corrected chi connectivity index (χ0v) is 12.8. The number of aromatic hydroxyl groups is 1. The van der Waals surface area contributed by atoms with E-state index in [2.05, 4.69) is 10.5 Å². The number of nitrogens with one attached hydrogen (secondary N) is 1. The van der Waals surface area contributed by atoms with E-state index in [0.29, 0.717) is 0 Å². The minimum absolute atomic E-state index is 0.0307. The predicted molar refractivity (Wildman–Crippen MR) is 86.2 cm³/mol.